The normalized spacial score (nSPS) is 20.6. The fraction of sp³-hybridized carbons (Fsp3) is 0.846. The number of nitrogens with one attached hydrogen (secondary N) is 1. The summed E-state index contributed by atoms with van der Waals surface area (Å²) in [4.78, 5) is 6.62. The van der Waals surface area contributed by atoms with E-state index in [0.29, 0.717) is 24.9 Å². The Morgan fingerprint density at radius 2 is 2.27 bits per heavy atom. The minimum atomic E-state index is -3.62. The Hall–Kier alpha value is -1.03. The molecule has 1 aromatic heterocycles. The summed E-state index contributed by atoms with van der Waals surface area (Å²) in [5, 5.41) is 8.96. The molecule has 1 atom stereocenters. The lowest BCUT2D eigenvalue weighted by atomic mass is 9.98. The minimum Gasteiger partial charge on any atom is -0.338 e. The second-order valence-electron chi connectivity index (χ2n) is 6.34. The summed E-state index contributed by atoms with van der Waals surface area (Å²) in [5.41, 5.74) is 0. The summed E-state index contributed by atoms with van der Waals surface area (Å²) in [6.45, 7) is 6.96. The molecule has 3 N–H and O–H groups in total. The van der Waals surface area contributed by atoms with Crippen molar-refractivity contribution in [3.63, 3.8) is 0 Å². The van der Waals surface area contributed by atoms with Gasteiger partial charge in [-0.2, -0.15) is 13.4 Å². The van der Waals surface area contributed by atoms with Crippen LogP contribution < -0.4 is 9.86 Å². The first-order chi connectivity index (χ1) is 10.3. The van der Waals surface area contributed by atoms with Gasteiger partial charge in [-0.15, -0.1) is 0 Å². The summed E-state index contributed by atoms with van der Waals surface area (Å²) in [7, 11) is -3.62. The molecule has 8 nitrogen and oxygen atoms in total. The van der Waals surface area contributed by atoms with Crippen molar-refractivity contribution in [1.29, 1.82) is 0 Å². The summed E-state index contributed by atoms with van der Waals surface area (Å²) < 4.78 is 29.6. The molecule has 1 aliphatic heterocycles. The van der Waals surface area contributed by atoms with Crippen LogP contribution in [0.4, 0.5) is 0 Å². The highest BCUT2D eigenvalue weighted by Gasteiger charge is 2.22. The van der Waals surface area contributed by atoms with Crippen molar-refractivity contribution in [2.24, 2.45) is 17.0 Å². The molecule has 2 rings (SSSR count). The highest BCUT2D eigenvalue weighted by molar-refractivity contribution is 7.87. The van der Waals surface area contributed by atoms with E-state index in [-0.39, 0.29) is 5.92 Å². The minimum absolute atomic E-state index is 0.255. The van der Waals surface area contributed by atoms with Gasteiger partial charge in [0, 0.05) is 19.5 Å². The van der Waals surface area contributed by atoms with E-state index < -0.39 is 10.2 Å². The Balaban J connectivity index is 1.83. The maximum Gasteiger partial charge on any atom is 0.274 e. The average molecular weight is 331 g/mol. The molecule has 0 spiro atoms. The van der Waals surface area contributed by atoms with Gasteiger partial charge in [-0.1, -0.05) is 19.0 Å². The number of piperidine rings is 1. The van der Waals surface area contributed by atoms with E-state index in [2.05, 4.69) is 33.6 Å². The Bertz CT molecular complexity index is 572. The van der Waals surface area contributed by atoms with Crippen LogP contribution >= 0.6 is 0 Å². The molecule has 1 saturated heterocycles. The van der Waals surface area contributed by atoms with Crippen LogP contribution in [0, 0.1) is 11.8 Å². The fourth-order valence-electron chi connectivity index (χ4n) is 2.69. The first-order valence-electron chi connectivity index (χ1n) is 7.63. The Labute approximate surface area is 131 Å². The molecule has 22 heavy (non-hydrogen) atoms. The summed E-state index contributed by atoms with van der Waals surface area (Å²) in [6, 6.07) is 0. The van der Waals surface area contributed by atoms with E-state index in [9.17, 15) is 8.42 Å². The van der Waals surface area contributed by atoms with Crippen molar-refractivity contribution in [2.45, 2.75) is 39.7 Å². The van der Waals surface area contributed by atoms with Gasteiger partial charge < -0.3 is 4.52 Å². The molecule has 1 aliphatic rings. The van der Waals surface area contributed by atoms with Crippen molar-refractivity contribution in [2.75, 3.05) is 19.6 Å². The van der Waals surface area contributed by atoms with E-state index in [1.807, 2.05) is 0 Å². The van der Waals surface area contributed by atoms with Gasteiger partial charge in [0.05, 0.1) is 6.54 Å². The Morgan fingerprint density at radius 1 is 1.50 bits per heavy atom. The summed E-state index contributed by atoms with van der Waals surface area (Å²) >= 11 is 0. The molecule has 9 heteroatoms. The second-order valence-corrected chi connectivity index (χ2v) is 7.72. The molecule has 0 aromatic carbocycles. The molecular weight excluding hydrogens is 306 g/mol. The van der Waals surface area contributed by atoms with Crippen LogP contribution in [0.1, 0.15) is 38.4 Å². The largest absolute Gasteiger partial charge is 0.338 e. The highest BCUT2D eigenvalue weighted by Crippen LogP contribution is 2.18. The molecule has 0 aliphatic carbocycles. The van der Waals surface area contributed by atoms with Crippen molar-refractivity contribution >= 4 is 10.2 Å². The SMILES string of the molecule is CC(C)Cc1noc(CN2CCC[C@@H](CNS(N)(=O)=O)C2)n1. The molecule has 1 fully saturated rings. The fourth-order valence-corrected chi connectivity index (χ4v) is 3.16. The maximum atomic E-state index is 11.0. The van der Waals surface area contributed by atoms with Gasteiger partial charge in [0.2, 0.25) is 5.89 Å². The van der Waals surface area contributed by atoms with E-state index in [1.54, 1.807) is 0 Å². The van der Waals surface area contributed by atoms with Gasteiger partial charge in [-0.05, 0) is 31.2 Å². The maximum absolute atomic E-state index is 11.0. The topological polar surface area (TPSA) is 114 Å². The van der Waals surface area contributed by atoms with Crippen LogP contribution in [0.3, 0.4) is 0 Å². The number of nitrogens with zero attached hydrogens (tertiary/aromatic N) is 3. The molecular formula is C13H25N5O3S. The van der Waals surface area contributed by atoms with Crippen LogP contribution in [-0.2, 0) is 23.2 Å². The average Bonchev–Trinajstić information content (AvgIpc) is 2.82. The molecule has 0 bridgehead atoms. The number of hydrogen-bond donors (Lipinski definition) is 2. The number of hydrogen-bond acceptors (Lipinski definition) is 6. The lowest BCUT2D eigenvalue weighted by Gasteiger charge is -2.31. The molecule has 2 heterocycles. The zero-order chi connectivity index (χ0) is 16.2. The quantitative estimate of drug-likeness (QED) is 0.741. The van der Waals surface area contributed by atoms with Crippen LogP contribution in [0.5, 0.6) is 0 Å². The van der Waals surface area contributed by atoms with Gasteiger partial charge in [0.1, 0.15) is 0 Å². The van der Waals surface area contributed by atoms with Crippen LogP contribution in [-0.4, -0.2) is 43.1 Å². The van der Waals surface area contributed by atoms with Gasteiger partial charge in [-0.25, -0.2) is 9.86 Å². The van der Waals surface area contributed by atoms with Gasteiger partial charge in [0.25, 0.3) is 10.2 Å². The molecule has 0 radical (unpaired) electrons. The van der Waals surface area contributed by atoms with Crippen LogP contribution in [0.2, 0.25) is 0 Å². The Kier molecular flexibility index (Phi) is 5.90. The zero-order valence-electron chi connectivity index (χ0n) is 13.2. The monoisotopic (exact) mass is 331 g/mol. The van der Waals surface area contributed by atoms with Gasteiger partial charge in [0.15, 0.2) is 5.82 Å². The van der Waals surface area contributed by atoms with E-state index in [4.69, 9.17) is 9.66 Å². The van der Waals surface area contributed by atoms with Crippen LogP contribution in [0.25, 0.3) is 0 Å². The standard InChI is InChI=1S/C13H25N5O3S/c1-10(2)6-12-16-13(21-17-12)9-18-5-3-4-11(8-18)7-15-22(14,19)20/h10-11,15H,3-9H2,1-2H3,(H2,14,19,20)/t11-/m0/s1. The van der Waals surface area contributed by atoms with E-state index >= 15 is 0 Å². The first-order valence-corrected chi connectivity index (χ1v) is 9.17. The van der Waals surface area contributed by atoms with Crippen molar-refractivity contribution in [1.82, 2.24) is 19.8 Å². The molecule has 126 valence electrons. The van der Waals surface area contributed by atoms with Crippen molar-refractivity contribution in [3.05, 3.63) is 11.7 Å². The number of likely N-dealkylation sites (tertiary alicyclic amines) is 1. The number of aromatic nitrogens is 2. The number of rotatable bonds is 7. The first kappa shape index (κ1) is 17.3. The molecule has 1 aromatic rings. The van der Waals surface area contributed by atoms with Crippen LogP contribution in [0.15, 0.2) is 4.52 Å². The zero-order valence-corrected chi connectivity index (χ0v) is 14.0. The van der Waals surface area contributed by atoms with E-state index in [1.165, 1.54) is 0 Å². The number of nitrogens with two attached hydrogens (primary N) is 1. The third-order valence-electron chi connectivity index (χ3n) is 3.64. The summed E-state index contributed by atoms with van der Waals surface area (Å²) in [5.74, 6) is 2.12. The predicted molar refractivity (Wildman–Crippen MR) is 82.0 cm³/mol. The lowest BCUT2D eigenvalue weighted by molar-refractivity contribution is 0.151. The molecule has 0 unspecified atom stereocenters. The van der Waals surface area contributed by atoms with Gasteiger partial charge in [-0.3, -0.25) is 4.90 Å². The predicted octanol–water partition coefficient (Wildman–Crippen LogP) is 0.273. The lowest BCUT2D eigenvalue weighted by Crippen LogP contribution is -2.42. The molecule has 0 amide bonds. The smallest absolute Gasteiger partial charge is 0.274 e. The van der Waals surface area contributed by atoms with Gasteiger partial charge >= 0.3 is 0 Å². The van der Waals surface area contributed by atoms with Crippen molar-refractivity contribution in [3.8, 4) is 0 Å². The van der Waals surface area contributed by atoms with E-state index in [0.717, 1.165) is 38.2 Å². The Morgan fingerprint density at radius 3 is 2.95 bits per heavy atom. The van der Waals surface area contributed by atoms with Crippen molar-refractivity contribution < 1.29 is 12.9 Å². The summed E-state index contributed by atoms with van der Waals surface area (Å²) in [6.07, 6.45) is 2.82. The third kappa shape index (κ3) is 5.99. The highest BCUT2D eigenvalue weighted by atomic mass is 32.2. The molecule has 0 saturated carbocycles. The second kappa shape index (κ2) is 7.49. The third-order valence-corrected chi connectivity index (χ3v) is 4.21.